The Bertz CT molecular complexity index is 598. The second kappa shape index (κ2) is 6.33. The van der Waals surface area contributed by atoms with Gasteiger partial charge in [0.2, 0.25) is 0 Å². The van der Waals surface area contributed by atoms with Crippen LogP contribution in [0.2, 0.25) is 0 Å². The average molecular weight is 294 g/mol. The summed E-state index contributed by atoms with van der Waals surface area (Å²) in [5.74, 6) is -0.109. The Hall–Kier alpha value is -1.46. The van der Waals surface area contributed by atoms with Crippen LogP contribution in [0.5, 0.6) is 5.75 Å². The number of methoxy groups -OCH3 is 1. The predicted molar refractivity (Wildman–Crippen MR) is 80.9 cm³/mol. The molecule has 0 bridgehead atoms. The van der Waals surface area contributed by atoms with E-state index in [0.29, 0.717) is 0 Å². The normalized spacial score (nSPS) is 12.4. The Labute approximate surface area is 122 Å². The molecule has 0 saturated carbocycles. The lowest BCUT2D eigenvalue weighted by Crippen LogP contribution is -2.17. The number of aromatic nitrogens is 1. The molecule has 5 heteroatoms. The van der Waals surface area contributed by atoms with E-state index in [9.17, 15) is 4.39 Å². The maximum atomic E-state index is 13.4. The van der Waals surface area contributed by atoms with Gasteiger partial charge in [0, 0.05) is 16.5 Å². The zero-order valence-corrected chi connectivity index (χ0v) is 13.0. The number of benzene rings is 1. The first-order valence-corrected chi connectivity index (χ1v) is 7.43. The zero-order chi connectivity index (χ0) is 14.7. The molecule has 1 aromatic heterocycles. The van der Waals surface area contributed by atoms with Crippen molar-refractivity contribution in [2.24, 2.45) is 0 Å². The van der Waals surface area contributed by atoms with E-state index in [-0.39, 0.29) is 17.6 Å². The molecule has 1 atom stereocenters. The Morgan fingerprint density at radius 3 is 2.85 bits per heavy atom. The van der Waals surface area contributed by atoms with Gasteiger partial charge in [0.05, 0.1) is 12.8 Å². The van der Waals surface area contributed by atoms with E-state index in [1.54, 1.807) is 23.5 Å². The Kier molecular flexibility index (Phi) is 4.73. The first kappa shape index (κ1) is 14.9. The van der Waals surface area contributed by atoms with E-state index in [1.807, 2.05) is 6.92 Å². The highest BCUT2D eigenvalue weighted by molar-refractivity contribution is 7.15. The lowest BCUT2D eigenvalue weighted by molar-refractivity contribution is 0.387. The van der Waals surface area contributed by atoms with Gasteiger partial charge in [0.25, 0.3) is 0 Å². The number of rotatable bonds is 5. The minimum absolute atomic E-state index is 0.247. The molecule has 20 heavy (non-hydrogen) atoms. The molecule has 1 heterocycles. The molecule has 1 aromatic carbocycles. The molecule has 0 aliphatic carbocycles. The summed E-state index contributed by atoms with van der Waals surface area (Å²) in [5.41, 5.74) is 1.90. The lowest BCUT2D eigenvalue weighted by atomic mass is 10.2. The van der Waals surface area contributed by atoms with Crippen molar-refractivity contribution >= 4 is 11.3 Å². The van der Waals surface area contributed by atoms with Crippen LogP contribution in [0.25, 0.3) is 10.6 Å². The summed E-state index contributed by atoms with van der Waals surface area (Å²) in [6.07, 6.45) is 0. The lowest BCUT2D eigenvalue weighted by Gasteiger charge is -2.09. The third-order valence-corrected chi connectivity index (χ3v) is 4.52. The molecule has 0 amide bonds. The molecule has 0 aliphatic rings. The molecule has 2 rings (SSSR count). The summed E-state index contributed by atoms with van der Waals surface area (Å²) in [7, 11) is 1.47. The van der Waals surface area contributed by atoms with Gasteiger partial charge in [-0.05, 0) is 38.6 Å². The van der Waals surface area contributed by atoms with Gasteiger partial charge in [-0.25, -0.2) is 9.37 Å². The number of ether oxygens (including phenoxy) is 1. The van der Waals surface area contributed by atoms with Crippen molar-refractivity contribution in [3.63, 3.8) is 0 Å². The van der Waals surface area contributed by atoms with Gasteiger partial charge in [0.15, 0.2) is 11.6 Å². The average Bonchev–Trinajstić information content (AvgIpc) is 2.82. The summed E-state index contributed by atoms with van der Waals surface area (Å²) >= 11 is 1.63. The van der Waals surface area contributed by atoms with Crippen molar-refractivity contribution < 1.29 is 9.13 Å². The Balaban J connectivity index is 2.36. The van der Waals surface area contributed by atoms with Crippen molar-refractivity contribution in [2.75, 3.05) is 13.7 Å². The second-order valence-electron chi connectivity index (χ2n) is 4.60. The SMILES string of the molecule is CCNC(C)c1sc(-c2ccc(F)c(OC)c2)nc1C. The molecule has 0 spiro atoms. The number of halogens is 1. The number of nitrogens with one attached hydrogen (secondary N) is 1. The monoisotopic (exact) mass is 294 g/mol. The third-order valence-electron chi connectivity index (χ3n) is 3.13. The van der Waals surface area contributed by atoms with Crippen molar-refractivity contribution in [3.05, 3.63) is 34.6 Å². The minimum atomic E-state index is -0.356. The second-order valence-corrected chi connectivity index (χ2v) is 5.63. The van der Waals surface area contributed by atoms with Crippen LogP contribution in [-0.4, -0.2) is 18.6 Å². The largest absolute Gasteiger partial charge is 0.494 e. The first-order chi connectivity index (χ1) is 9.56. The number of thiazole rings is 1. The van der Waals surface area contributed by atoms with Crippen molar-refractivity contribution in [2.45, 2.75) is 26.8 Å². The predicted octanol–water partition coefficient (Wildman–Crippen LogP) is 3.94. The minimum Gasteiger partial charge on any atom is -0.494 e. The van der Waals surface area contributed by atoms with E-state index < -0.39 is 0 Å². The van der Waals surface area contributed by atoms with Crippen LogP contribution in [0.4, 0.5) is 4.39 Å². The molecule has 1 unspecified atom stereocenters. The first-order valence-electron chi connectivity index (χ1n) is 6.61. The van der Waals surface area contributed by atoms with Crippen LogP contribution in [0.1, 0.15) is 30.5 Å². The van der Waals surface area contributed by atoms with Crippen molar-refractivity contribution in [1.29, 1.82) is 0 Å². The molecule has 0 saturated heterocycles. The molecule has 3 nitrogen and oxygen atoms in total. The molecule has 0 fully saturated rings. The van der Waals surface area contributed by atoms with Crippen LogP contribution in [0.15, 0.2) is 18.2 Å². The fourth-order valence-corrected chi connectivity index (χ4v) is 3.21. The topological polar surface area (TPSA) is 34.1 Å². The van der Waals surface area contributed by atoms with Gasteiger partial charge < -0.3 is 10.1 Å². The summed E-state index contributed by atoms with van der Waals surface area (Å²) in [6, 6.07) is 5.11. The highest BCUT2D eigenvalue weighted by Crippen LogP contribution is 2.33. The smallest absolute Gasteiger partial charge is 0.165 e. The van der Waals surface area contributed by atoms with Gasteiger partial charge >= 0.3 is 0 Å². The van der Waals surface area contributed by atoms with E-state index in [2.05, 4.69) is 24.1 Å². The molecule has 0 radical (unpaired) electrons. The molecule has 1 N–H and O–H groups in total. The van der Waals surface area contributed by atoms with Crippen LogP contribution in [0, 0.1) is 12.7 Å². The van der Waals surface area contributed by atoms with Crippen LogP contribution < -0.4 is 10.1 Å². The molecular formula is C15H19FN2OS. The molecular weight excluding hydrogens is 275 g/mol. The fourth-order valence-electron chi connectivity index (χ4n) is 2.13. The fraction of sp³-hybridized carbons (Fsp3) is 0.400. The van der Waals surface area contributed by atoms with Crippen LogP contribution in [0.3, 0.4) is 0 Å². The van der Waals surface area contributed by atoms with Crippen LogP contribution >= 0.6 is 11.3 Å². The zero-order valence-electron chi connectivity index (χ0n) is 12.2. The van der Waals surface area contributed by atoms with Gasteiger partial charge in [0.1, 0.15) is 5.01 Å². The molecule has 0 aliphatic heterocycles. The number of aryl methyl sites for hydroxylation is 1. The van der Waals surface area contributed by atoms with Gasteiger partial charge in [-0.1, -0.05) is 6.92 Å². The number of hydrogen-bond donors (Lipinski definition) is 1. The third kappa shape index (κ3) is 2.99. The van der Waals surface area contributed by atoms with Crippen LogP contribution in [-0.2, 0) is 0 Å². The summed E-state index contributed by atoms with van der Waals surface area (Å²) in [6.45, 7) is 7.12. The van der Waals surface area contributed by atoms with Gasteiger partial charge in [-0.15, -0.1) is 11.3 Å². The van der Waals surface area contributed by atoms with E-state index >= 15 is 0 Å². The summed E-state index contributed by atoms with van der Waals surface area (Å²) < 4.78 is 18.5. The number of hydrogen-bond acceptors (Lipinski definition) is 4. The highest BCUT2D eigenvalue weighted by atomic mass is 32.1. The number of nitrogens with zero attached hydrogens (tertiary/aromatic N) is 1. The molecule has 108 valence electrons. The van der Waals surface area contributed by atoms with E-state index in [1.165, 1.54) is 18.1 Å². The van der Waals surface area contributed by atoms with Crippen molar-refractivity contribution in [3.8, 4) is 16.3 Å². The van der Waals surface area contributed by atoms with E-state index in [0.717, 1.165) is 22.8 Å². The summed E-state index contributed by atoms with van der Waals surface area (Å²) in [4.78, 5) is 5.80. The molecule has 2 aromatic rings. The van der Waals surface area contributed by atoms with Gasteiger partial charge in [-0.2, -0.15) is 0 Å². The maximum absolute atomic E-state index is 13.4. The summed E-state index contributed by atoms with van der Waals surface area (Å²) in [5, 5.41) is 4.27. The Morgan fingerprint density at radius 2 is 2.20 bits per heavy atom. The maximum Gasteiger partial charge on any atom is 0.165 e. The standard InChI is InChI=1S/C15H19FN2OS/c1-5-17-9(2)14-10(3)18-15(20-14)11-6-7-12(16)13(8-11)19-4/h6-9,17H,5H2,1-4H3. The van der Waals surface area contributed by atoms with Crippen molar-refractivity contribution in [1.82, 2.24) is 10.3 Å². The quantitative estimate of drug-likeness (QED) is 0.907. The van der Waals surface area contributed by atoms with E-state index in [4.69, 9.17) is 4.74 Å². The van der Waals surface area contributed by atoms with Gasteiger partial charge in [-0.3, -0.25) is 0 Å². The Morgan fingerprint density at radius 1 is 1.45 bits per heavy atom. The highest BCUT2D eigenvalue weighted by Gasteiger charge is 2.15.